The molecule has 8 heteroatoms. The van der Waals surface area contributed by atoms with Crippen LogP contribution in [0.1, 0.15) is 31.9 Å². The summed E-state index contributed by atoms with van der Waals surface area (Å²) in [5, 5.41) is 9.80. The van der Waals surface area contributed by atoms with Crippen LogP contribution in [0.15, 0.2) is 46.1 Å². The van der Waals surface area contributed by atoms with Crippen molar-refractivity contribution in [2.45, 2.75) is 40.8 Å². The van der Waals surface area contributed by atoms with E-state index in [1.165, 1.54) is 22.4 Å². The summed E-state index contributed by atoms with van der Waals surface area (Å²) in [5.41, 5.74) is 4.74. The van der Waals surface area contributed by atoms with Crippen molar-refractivity contribution in [3.8, 4) is 17.1 Å². The van der Waals surface area contributed by atoms with Gasteiger partial charge in [0.25, 0.3) is 0 Å². The van der Waals surface area contributed by atoms with E-state index >= 15 is 0 Å². The highest BCUT2D eigenvalue weighted by atomic mass is 16.3. The zero-order chi connectivity index (χ0) is 23.4. The number of aromatic hydroxyl groups is 1. The second-order valence-corrected chi connectivity index (χ2v) is 9.63. The van der Waals surface area contributed by atoms with Crippen molar-refractivity contribution in [1.29, 1.82) is 0 Å². The highest BCUT2D eigenvalue weighted by Gasteiger charge is 2.19. The molecule has 1 aromatic carbocycles. The fraction of sp³-hybridized carbons (Fsp3) is 0.375. The van der Waals surface area contributed by atoms with Gasteiger partial charge in [0, 0.05) is 26.2 Å². The molecule has 0 saturated heterocycles. The Morgan fingerprint density at radius 3 is 2.34 bits per heavy atom. The summed E-state index contributed by atoms with van der Waals surface area (Å²) in [4.78, 5) is 29.9. The molecule has 1 N–H and O–H groups in total. The topological polar surface area (TPSA) is 87.0 Å². The maximum atomic E-state index is 12.8. The molecule has 0 radical (unpaired) electrons. The number of imidazole rings is 2. The molecule has 3 heterocycles. The van der Waals surface area contributed by atoms with Crippen LogP contribution in [0.4, 0.5) is 0 Å². The molecule has 0 unspecified atom stereocenters. The van der Waals surface area contributed by atoms with Crippen molar-refractivity contribution in [2.75, 3.05) is 0 Å². The van der Waals surface area contributed by atoms with Crippen LogP contribution in [0.25, 0.3) is 22.4 Å². The number of pyridine rings is 1. The zero-order valence-corrected chi connectivity index (χ0v) is 19.4. The molecule has 0 spiro atoms. The molecule has 4 rings (SSSR count). The van der Waals surface area contributed by atoms with E-state index in [-0.39, 0.29) is 22.7 Å². The highest BCUT2D eigenvalue weighted by Crippen LogP contribution is 2.26. The maximum absolute atomic E-state index is 12.8. The molecule has 0 bridgehead atoms. The number of benzene rings is 1. The smallest absolute Gasteiger partial charge is 0.331 e. The Balaban J connectivity index is 1.78. The lowest BCUT2D eigenvalue weighted by molar-refractivity contribution is 0.342. The Labute approximate surface area is 186 Å². The third-order valence-electron chi connectivity index (χ3n) is 5.69. The first-order chi connectivity index (χ1) is 15.0. The lowest BCUT2D eigenvalue weighted by Gasteiger charge is -2.18. The second kappa shape index (κ2) is 7.55. The highest BCUT2D eigenvalue weighted by molar-refractivity contribution is 5.77. The molecule has 3 aromatic heterocycles. The van der Waals surface area contributed by atoms with E-state index in [4.69, 9.17) is 4.98 Å². The number of nitrogens with zero attached hydrogens (tertiary/aromatic N) is 5. The van der Waals surface area contributed by atoms with Gasteiger partial charge < -0.3 is 5.11 Å². The third kappa shape index (κ3) is 3.77. The van der Waals surface area contributed by atoms with E-state index in [2.05, 4.69) is 20.8 Å². The molecule has 168 valence electrons. The van der Waals surface area contributed by atoms with Gasteiger partial charge in [0.15, 0.2) is 5.65 Å². The van der Waals surface area contributed by atoms with E-state index in [0.29, 0.717) is 18.7 Å². The first-order valence-corrected chi connectivity index (χ1v) is 10.6. The van der Waals surface area contributed by atoms with E-state index in [1.54, 1.807) is 16.2 Å². The third-order valence-corrected chi connectivity index (χ3v) is 5.69. The van der Waals surface area contributed by atoms with Gasteiger partial charge in [-0.15, -0.1) is 0 Å². The Kier molecular flexibility index (Phi) is 5.11. The summed E-state index contributed by atoms with van der Waals surface area (Å²) in [6.07, 6.45) is 1.43. The number of aryl methyl sites for hydroxylation is 2. The summed E-state index contributed by atoms with van der Waals surface area (Å²) in [7, 11) is 3.28. The van der Waals surface area contributed by atoms with Gasteiger partial charge in [-0.2, -0.15) is 0 Å². The van der Waals surface area contributed by atoms with Gasteiger partial charge >= 0.3 is 11.4 Å². The first kappa shape index (κ1) is 21.7. The Bertz CT molecular complexity index is 1440. The van der Waals surface area contributed by atoms with E-state index in [0.717, 1.165) is 27.9 Å². The fourth-order valence-corrected chi connectivity index (χ4v) is 3.98. The Hall–Kier alpha value is -3.55. The lowest BCUT2D eigenvalue weighted by atomic mass is 9.97. The van der Waals surface area contributed by atoms with E-state index in [1.807, 2.05) is 37.3 Å². The normalized spacial score (nSPS) is 12.1. The van der Waals surface area contributed by atoms with Crippen molar-refractivity contribution in [2.24, 2.45) is 19.5 Å². The summed E-state index contributed by atoms with van der Waals surface area (Å²) in [5.74, 6) is -0.0739. The van der Waals surface area contributed by atoms with Crippen LogP contribution >= 0.6 is 0 Å². The number of rotatable bonds is 4. The number of fused-ring (bicyclic) bond motifs is 1. The molecule has 0 aliphatic carbocycles. The van der Waals surface area contributed by atoms with Crippen LogP contribution in [0.2, 0.25) is 0 Å². The van der Waals surface area contributed by atoms with Crippen molar-refractivity contribution < 1.29 is 5.11 Å². The molecular weight excluding hydrogens is 406 g/mol. The fourth-order valence-electron chi connectivity index (χ4n) is 3.98. The standard InChI is InChI=1S/C24H29N5O3/c1-15-7-8-16(12-28-13-20(30)26(5)22(28)31)11-17(15)18-9-10-19-21(25-18)27(6)23(32)29(19)14-24(2,3)4/h7-11,13,30H,12,14H2,1-6H3. The van der Waals surface area contributed by atoms with Gasteiger partial charge in [-0.25, -0.2) is 14.6 Å². The number of hydrogen-bond acceptors (Lipinski definition) is 4. The minimum absolute atomic E-state index is 0.0361. The second-order valence-electron chi connectivity index (χ2n) is 9.63. The van der Waals surface area contributed by atoms with Crippen LogP contribution < -0.4 is 11.4 Å². The molecule has 0 aliphatic rings. The van der Waals surface area contributed by atoms with Gasteiger partial charge in [-0.3, -0.25) is 18.3 Å². The molecule has 0 fully saturated rings. The quantitative estimate of drug-likeness (QED) is 0.534. The lowest BCUT2D eigenvalue weighted by Crippen LogP contribution is -2.27. The van der Waals surface area contributed by atoms with Gasteiger partial charge in [-0.1, -0.05) is 32.9 Å². The average Bonchev–Trinajstić information content (AvgIpc) is 3.10. The SMILES string of the molecule is Cc1ccc(Cn2cc(O)n(C)c2=O)cc1-c1ccc2c(n1)n(C)c(=O)n2CC(C)(C)C. The zero-order valence-electron chi connectivity index (χ0n) is 19.4. The van der Waals surface area contributed by atoms with Crippen LogP contribution in [0, 0.1) is 12.3 Å². The molecular formula is C24H29N5O3. The average molecular weight is 436 g/mol. The number of aromatic nitrogens is 5. The summed E-state index contributed by atoms with van der Waals surface area (Å²) in [6, 6.07) is 9.85. The molecule has 0 aliphatic heterocycles. The molecule has 8 nitrogen and oxygen atoms in total. The first-order valence-electron chi connectivity index (χ1n) is 10.6. The van der Waals surface area contributed by atoms with Gasteiger partial charge in [0.05, 0.1) is 24.0 Å². The molecule has 4 aromatic rings. The summed E-state index contributed by atoms with van der Waals surface area (Å²) < 4.78 is 6.05. The van der Waals surface area contributed by atoms with Gasteiger partial charge in [0.2, 0.25) is 5.88 Å². The van der Waals surface area contributed by atoms with Crippen molar-refractivity contribution in [1.82, 2.24) is 23.3 Å². The van der Waals surface area contributed by atoms with Gasteiger partial charge in [-0.05, 0) is 41.7 Å². The van der Waals surface area contributed by atoms with Crippen molar-refractivity contribution in [3.63, 3.8) is 0 Å². The maximum Gasteiger partial charge on any atom is 0.331 e. The molecule has 32 heavy (non-hydrogen) atoms. The van der Waals surface area contributed by atoms with E-state index in [9.17, 15) is 14.7 Å². The largest absolute Gasteiger partial charge is 0.493 e. The minimum atomic E-state index is -0.278. The van der Waals surface area contributed by atoms with Crippen LogP contribution in [-0.4, -0.2) is 28.4 Å². The molecule has 0 saturated carbocycles. The monoisotopic (exact) mass is 435 g/mol. The summed E-state index contributed by atoms with van der Waals surface area (Å²) in [6.45, 7) is 9.27. The van der Waals surface area contributed by atoms with Crippen LogP contribution in [-0.2, 0) is 27.2 Å². The Morgan fingerprint density at radius 1 is 1.00 bits per heavy atom. The van der Waals surface area contributed by atoms with Crippen LogP contribution in [0.3, 0.4) is 0 Å². The molecule has 0 amide bonds. The van der Waals surface area contributed by atoms with Crippen molar-refractivity contribution >= 4 is 11.2 Å². The predicted molar refractivity (Wildman–Crippen MR) is 125 cm³/mol. The van der Waals surface area contributed by atoms with E-state index < -0.39 is 0 Å². The number of hydrogen-bond donors (Lipinski definition) is 1. The van der Waals surface area contributed by atoms with Crippen molar-refractivity contribution in [3.05, 3.63) is 68.6 Å². The van der Waals surface area contributed by atoms with Crippen LogP contribution in [0.5, 0.6) is 5.88 Å². The predicted octanol–water partition coefficient (Wildman–Crippen LogP) is 3.01. The van der Waals surface area contributed by atoms with Gasteiger partial charge in [0.1, 0.15) is 0 Å². The molecule has 0 atom stereocenters. The Morgan fingerprint density at radius 2 is 1.72 bits per heavy atom. The summed E-state index contributed by atoms with van der Waals surface area (Å²) >= 11 is 0. The minimum Gasteiger partial charge on any atom is -0.493 e.